The zero-order valence-corrected chi connectivity index (χ0v) is 9.42. The molecule has 1 amide bonds. The van der Waals surface area contributed by atoms with Crippen LogP contribution < -0.4 is 11.1 Å². The number of carbonyl (C=O) groups excluding carboxylic acids is 1. The van der Waals surface area contributed by atoms with Gasteiger partial charge in [0.25, 0.3) is 5.92 Å². The number of nitrogens with one attached hydrogen (secondary N) is 1. The molecule has 0 bridgehead atoms. The topological polar surface area (TPSA) is 75.4 Å². The Labute approximate surface area is 102 Å². The van der Waals surface area contributed by atoms with Crippen molar-refractivity contribution >= 4 is 5.91 Å². The first-order valence-corrected chi connectivity index (χ1v) is 5.13. The van der Waals surface area contributed by atoms with Crippen molar-refractivity contribution in [1.29, 1.82) is 0 Å². The average molecular weight is 262 g/mol. The Morgan fingerprint density at radius 2 is 2.11 bits per heavy atom. The second-order valence-electron chi connectivity index (χ2n) is 3.79. The van der Waals surface area contributed by atoms with Crippen LogP contribution in [0.4, 0.5) is 13.2 Å². The number of rotatable bonds is 6. The van der Waals surface area contributed by atoms with Crippen LogP contribution in [0.25, 0.3) is 0 Å². The van der Waals surface area contributed by atoms with Crippen LogP contribution in [0.3, 0.4) is 0 Å². The fraction of sp³-hybridized carbons (Fsp3) is 0.364. The molecule has 0 atom stereocenters. The molecule has 0 aliphatic carbocycles. The van der Waals surface area contributed by atoms with Crippen molar-refractivity contribution in [2.24, 2.45) is 5.73 Å². The lowest BCUT2D eigenvalue weighted by Crippen LogP contribution is -2.35. The molecule has 0 saturated heterocycles. The lowest BCUT2D eigenvalue weighted by atomic mass is 10.1. The van der Waals surface area contributed by atoms with Crippen LogP contribution in [-0.2, 0) is 6.54 Å². The van der Waals surface area contributed by atoms with Gasteiger partial charge in [-0.2, -0.15) is 0 Å². The summed E-state index contributed by atoms with van der Waals surface area (Å²) in [6.07, 6.45) is 0. The molecular formula is C11H13F3N2O2. The van der Waals surface area contributed by atoms with Crippen LogP contribution in [0.2, 0.25) is 0 Å². The lowest BCUT2D eigenvalue weighted by Gasteiger charge is -2.14. The summed E-state index contributed by atoms with van der Waals surface area (Å²) in [5.74, 6) is -4.71. The van der Waals surface area contributed by atoms with Gasteiger partial charge in [-0.25, -0.2) is 13.2 Å². The molecule has 0 radical (unpaired) electrons. The van der Waals surface area contributed by atoms with Crippen LogP contribution in [0.5, 0.6) is 0 Å². The summed E-state index contributed by atoms with van der Waals surface area (Å²) in [4.78, 5) is 10.8. The molecule has 0 fully saturated rings. The minimum Gasteiger partial charge on any atom is -0.390 e. The summed E-state index contributed by atoms with van der Waals surface area (Å²) in [6, 6.07) is 3.55. The fourth-order valence-corrected chi connectivity index (χ4v) is 1.28. The van der Waals surface area contributed by atoms with Gasteiger partial charge in [-0.1, -0.05) is 6.07 Å². The third-order valence-electron chi connectivity index (χ3n) is 2.27. The molecule has 4 nitrogen and oxygen atoms in total. The lowest BCUT2D eigenvalue weighted by molar-refractivity contribution is -0.0478. The first kappa shape index (κ1) is 14.5. The SMILES string of the molecule is NC(=O)c1ccc(CNCC(F)(F)CO)c(F)c1. The van der Waals surface area contributed by atoms with E-state index < -0.39 is 30.8 Å². The van der Waals surface area contributed by atoms with Crippen molar-refractivity contribution < 1.29 is 23.1 Å². The highest BCUT2D eigenvalue weighted by Crippen LogP contribution is 2.12. The standard InChI is InChI=1S/C11H13F3N2O2/c12-9-3-7(10(15)18)1-2-8(9)4-16-5-11(13,14)6-17/h1-3,16-17H,4-6H2,(H2,15,18). The van der Waals surface area contributed by atoms with Gasteiger partial charge >= 0.3 is 0 Å². The number of carbonyl (C=O) groups is 1. The van der Waals surface area contributed by atoms with E-state index in [2.05, 4.69) is 5.32 Å². The van der Waals surface area contributed by atoms with Gasteiger partial charge in [0.1, 0.15) is 12.4 Å². The van der Waals surface area contributed by atoms with Crippen LogP contribution in [0.1, 0.15) is 15.9 Å². The van der Waals surface area contributed by atoms with E-state index in [-0.39, 0.29) is 17.7 Å². The molecule has 100 valence electrons. The molecule has 1 aromatic carbocycles. The minimum absolute atomic E-state index is 0.0111. The molecule has 0 unspecified atom stereocenters. The Balaban J connectivity index is 2.61. The van der Waals surface area contributed by atoms with E-state index in [4.69, 9.17) is 10.8 Å². The Morgan fingerprint density at radius 1 is 1.44 bits per heavy atom. The van der Waals surface area contributed by atoms with Gasteiger partial charge in [-0.15, -0.1) is 0 Å². The van der Waals surface area contributed by atoms with Gasteiger partial charge in [-0.05, 0) is 12.1 Å². The van der Waals surface area contributed by atoms with E-state index in [1.165, 1.54) is 12.1 Å². The molecule has 4 N–H and O–H groups in total. The molecule has 0 saturated carbocycles. The number of alkyl halides is 2. The number of hydrogen-bond donors (Lipinski definition) is 3. The Kier molecular flexibility index (Phi) is 4.69. The minimum atomic E-state index is -3.25. The maximum absolute atomic E-state index is 13.4. The quantitative estimate of drug-likeness (QED) is 0.704. The molecule has 0 aliphatic rings. The highest BCUT2D eigenvalue weighted by atomic mass is 19.3. The van der Waals surface area contributed by atoms with E-state index >= 15 is 0 Å². The van der Waals surface area contributed by atoms with Crippen LogP contribution in [-0.4, -0.2) is 30.1 Å². The molecule has 1 aromatic rings. The summed E-state index contributed by atoms with van der Waals surface area (Å²) in [5, 5.41) is 10.6. The Morgan fingerprint density at radius 3 is 2.61 bits per heavy atom. The number of aliphatic hydroxyl groups is 1. The van der Waals surface area contributed by atoms with Crippen molar-refractivity contribution in [3.63, 3.8) is 0 Å². The number of hydrogen-bond acceptors (Lipinski definition) is 3. The second kappa shape index (κ2) is 5.83. The molecule has 0 spiro atoms. The van der Waals surface area contributed by atoms with Gasteiger partial charge in [-0.3, -0.25) is 4.79 Å². The van der Waals surface area contributed by atoms with E-state index in [1.54, 1.807) is 0 Å². The molecule has 1 rings (SSSR count). The van der Waals surface area contributed by atoms with Crippen LogP contribution >= 0.6 is 0 Å². The number of amides is 1. The van der Waals surface area contributed by atoms with Gasteiger partial charge in [0.05, 0.1) is 6.54 Å². The van der Waals surface area contributed by atoms with E-state index in [1.807, 2.05) is 0 Å². The highest BCUT2D eigenvalue weighted by Gasteiger charge is 2.26. The van der Waals surface area contributed by atoms with E-state index in [0.29, 0.717) is 0 Å². The molecule has 0 aromatic heterocycles. The highest BCUT2D eigenvalue weighted by molar-refractivity contribution is 5.92. The summed E-state index contributed by atoms with van der Waals surface area (Å²) < 4.78 is 38.7. The van der Waals surface area contributed by atoms with Gasteiger partial charge < -0.3 is 16.2 Å². The number of nitrogens with two attached hydrogens (primary N) is 1. The van der Waals surface area contributed by atoms with Crippen molar-refractivity contribution in [2.75, 3.05) is 13.2 Å². The number of primary amides is 1. The zero-order chi connectivity index (χ0) is 13.8. The third kappa shape index (κ3) is 4.01. The molecule has 18 heavy (non-hydrogen) atoms. The number of halogens is 3. The Bertz CT molecular complexity index is 438. The first-order chi connectivity index (χ1) is 8.35. The smallest absolute Gasteiger partial charge is 0.282 e. The van der Waals surface area contributed by atoms with Crippen LogP contribution in [0, 0.1) is 5.82 Å². The van der Waals surface area contributed by atoms with Crippen molar-refractivity contribution in [1.82, 2.24) is 5.32 Å². The van der Waals surface area contributed by atoms with Gasteiger partial charge in [0.2, 0.25) is 5.91 Å². The van der Waals surface area contributed by atoms with E-state index in [0.717, 1.165) is 6.07 Å². The molecule has 0 heterocycles. The second-order valence-corrected chi connectivity index (χ2v) is 3.79. The average Bonchev–Trinajstić information content (AvgIpc) is 2.31. The molecular weight excluding hydrogens is 249 g/mol. The number of benzene rings is 1. The summed E-state index contributed by atoms with van der Waals surface area (Å²) in [7, 11) is 0. The van der Waals surface area contributed by atoms with Crippen molar-refractivity contribution in [2.45, 2.75) is 12.5 Å². The van der Waals surface area contributed by atoms with Crippen molar-refractivity contribution in [3.05, 3.63) is 35.1 Å². The van der Waals surface area contributed by atoms with Gasteiger partial charge in [0.15, 0.2) is 0 Å². The monoisotopic (exact) mass is 262 g/mol. The van der Waals surface area contributed by atoms with Crippen LogP contribution in [0.15, 0.2) is 18.2 Å². The van der Waals surface area contributed by atoms with E-state index in [9.17, 15) is 18.0 Å². The summed E-state index contributed by atoms with van der Waals surface area (Å²) in [6.45, 7) is -2.18. The predicted octanol–water partition coefficient (Wildman–Crippen LogP) is 0.642. The number of aliphatic hydroxyl groups excluding tert-OH is 1. The third-order valence-corrected chi connectivity index (χ3v) is 2.27. The molecule has 7 heteroatoms. The summed E-state index contributed by atoms with van der Waals surface area (Å²) in [5.41, 5.74) is 5.10. The zero-order valence-electron chi connectivity index (χ0n) is 9.42. The normalized spacial score (nSPS) is 11.6. The predicted molar refractivity (Wildman–Crippen MR) is 58.7 cm³/mol. The maximum atomic E-state index is 13.4. The Hall–Kier alpha value is -1.60. The first-order valence-electron chi connectivity index (χ1n) is 5.13. The maximum Gasteiger partial charge on any atom is 0.282 e. The molecule has 0 aliphatic heterocycles. The fourth-order valence-electron chi connectivity index (χ4n) is 1.28. The largest absolute Gasteiger partial charge is 0.390 e. The summed E-state index contributed by atoms with van der Waals surface area (Å²) >= 11 is 0. The van der Waals surface area contributed by atoms with Crippen molar-refractivity contribution in [3.8, 4) is 0 Å². The van der Waals surface area contributed by atoms with Gasteiger partial charge in [0, 0.05) is 17.7 Å².